The molecular formula is C42H60N2NiO2. The van der Waals surface area contributed by atoms with Gasteiger partial charge in [-0.25, -0.2) is 0 Å². The average Bonchev–Trinajstić information content (AvgIpc) is 3.05. The van der Waals surface area contributed by atoms with Crippen molar-refractivity contribution in [2.75, 3.05) is 0 Å². The number of hydrogen-bond acceptors (Lipinski definition) is 4. The van der Waals surface area contributed by atoms with E-state index in [1.807, 2.05) is 0 Å². The molecule has 47 heavy (non-hydrogen) atoms. The molecule has 0 aromatic heterocycles. The number of aliphatic imine (C=N–C) groups is 2. The van der Waals surface area contributed by atoms with Crippen LogP contribution in [0.3, 0.4) is 0 Å². The van der Waals surface area contributed by atoms with Crippen LogP contribution in [0, 0.1) is 6.92 Å². The minimum absolute atomic E-state index is 0. The Kier molecular flexibility index (Phi) is 21.7. The molecule has 260 valence electrons. The Morgan fingerprint density at radius 3 is 1.40 bits per heavy atom. The number of rotatable bonds is 18. The SMILES string of the molecule is CCCCC(=Nc1ccc(CCCC)c(CCCC)c1)C(C)=Nc1ccc(CCCC)c(CCCC)c1.Cc1ccc([O-])c([O-])c1.[Ni+2]. The van der Waals surface area contributed by atoms with Gasteiger partial charge in [-0.3, -0.25) is 9.98 Å². The Balaban J connectivity index is 0.000000949. The first-order valence-corrected chi connectivity index (χ1v) is 18.1. The summed E-state index contributed by atoms with van der Waals surface area (Å²) in [5.74, 6) is -0.851. The van der Waals surface area contributed by atoms with Crippen molar-refractivity contribution in [2.24, 2.45) is 9.98 Å². The summed E-state index contributed by atoms with van der Waals surface area (Å²) in [6.07, 6.45) is 17.9. The van der Waals surface area contributed by atoms with E-state index in [0.717, 1.165) is 60.5 Å². The molecule has 0 unspecified atom stereocenters. The first kappa shape index (κ1) is 42.1. The second kappa shape index (κ2) is 24.3. The molecule has 0 heterocycles. The van der Waals surface area contributed by atoms with Crippen molar-refractivity contribution < 1.29 is 26.7 Å². The number of benzene rings is 3. The Hall–Kier alpha value is -2.91. The summed E-state index contributed by atoms with van der Waals surface area (Å²) in [6, 6.07) is 18.0. The molecule has 0 saturated carbocycles. The average molecular weight is 684 g/mol. The zero-order chi connectivity index (χ0) is 33.7. The summed E-state index contributed by atoms with van der Waals surface area (Å²) in [5.41, 5.74) is 11.2. The zero-order valence-corrected chi connectivity index (χ0v) is 31.3. The van der Waals surface area contributed by atoms with E-state index in [-0.39, 0.29) is 16.5 Å². The molecule has 0 fully saturated rings. The van der Waals surface area contributed by atoms with Crippen molar-refractivity contribution >= 4 is 22.8 Å². The molecule has 0 atom stereocenters. The van der Waals surface area contributed by atoms with Crippen LogP contribution >= 0.6 is 0 Å². The maximum absolute atomic E-state index is 10.5. The largest absolute Gasteiger partial charge is 2.00 e. The van der Waals surface area contributed by atoms with Crippen LogP contribution in [0.1, 0.15) is 140 Å². The van der Waals surface area contributed by atoms with Gasteiger partial charge in [0.2, 0.25) is 0 Å². The molecule has 0 amide bonds. The van der Waals surface area contributed by atoms with Gasteiger partial charge in [-0.2, -0.15) is 0 Å². The monoisotopic (exact) mass is 682 g/mol. The molecular weight excluding hydrogens is 623 g/mol. The van der Waals surface area contributed by atoms with E-state index in [1.54, 1.807) is 13.0 Å². The summed E-state index contributed by atoms with van der Waals surface area (Å²) in [4.78, 5) is 10.3. The van der Waals surface area contributed by atoms with Crippen LogP contribution in [-0.2, 0) is 42.2 Å². The van der Waals surface area contributed by atoms with Crippen molar-refractivity contribution in [1.82, 2.24) is 0 Å². The fraction of sp³-hybridized carbons (Fsp3) is 0.524. The zero-order valence-electron chi connectivity index (χ0n) is 30.3. The maximum Gasteiger partial charge on any atom is 2.00 e. The van der Waals surface area contributed by atoms with Crippen LogP contribution in [0.4, 0.5) is 11.4 Å². The van der Waals surface area contributed by atoms with Crippen molar-refractivity contribution in [2.45, 2.75) is 145 Å². The van der Waals surface area contributed by atoms with Crippen molar-refractivity contribution in [3.8, 4) is 11.5 Å². The summed E-state index contributed by atoms with van der Waals surface area (Å²) in [7, 11) is 0. The summed E-state index contributed by atoms with van der Waals surface area (Å²) >= 11 is 0. The maximum atomic E-state index is 10.5. The van der Waals surface area contributed by atoms with Gasteiger partial charge < -0.3 is 10.2 Å². The van der Waals surface area contributed by atoms with Gasteiger partial charge in [0.05, 0.1) is 22.8 Å². The van der Waals surface area contributed by atoms with E-state index in [4.69, 9.17) is 9.98 Å². The molecule has 0 aliphatic heterocycles. The Morgan fingerprint density at radius 1 is 0.532 bits per heavy atom. The fourth-order valence-corrected chi connectivity index (χ4v) is 5.48. The van der Waals surface area contributed by atoms with Gasteiger partial charge in [-0.05, 0) is 125 Å². The third-order valence-electron chi connectivity index (χ3n) is 8.42. The molecule has 4 nitrogen and oxygen atoms in total. The number of aryl methyl sites for hydroxylation is 5. The van der Waals surface area contributed by atoms with Crippen LogP contribution in [-0.4, -0.2) is 11.4 Å². The smallest absolute Gasteiger partial charge is 0.873 e. The van der Waals surface area contributed by atoms with Gasteiger partial charge in [0.15, 0.2) is 0 Å². The van der Waals surface area contributed by atoms with Crippen LogP contribution in [0.2, 0.25) is 0 Å². The van der Waals surface area contributed by atoms with Crippen LogP contribution in [0.5, 0.6) is 11.5 Å². The predicted molar refractivity (Wildman–Crippen MR) is 197 cm³/mol. The van der Waals surface area contributed by atoms with Gasteiger partial charge in [-0.15, -0.1) is 11.5 Å². The third-order valence-corrected chi connectivity index (χ3v) is 8.42. The van der Waals surface area contributed by atoms with Crippen molar-refractivity contribution in [3.05, 3.63) is 82.4 Å². The summed E-state index contributed by atoms with van der Waals surface area (Å²) in [6.45, 7) is 15.3. The van der Waals surface area contributed by atoms with Gasteiger partial charge in [0.25, 0.3) is 0 Å². The van der Waals surface area contributed by atoms with Gasteiger partial charge in [-0.1, -0.05) is 103 Å². The van der Waals surface area contributed by atoms with Gasteiger partial charge in [0.1, 0.15) is 0 Å². The summed E-state index contributed by atoms with van der Waals surface area (Å²) in [5, 5.41) is 21.0. The van der Waals surface area contributed by atoms with Crippen LogP contribution < -0.4 is 10.2 Å². The minimum Gasteiger partial charge on any atom is -0.873 e. The Bertz CT molecular complexity index is 1380. The second-order valence-corrected chi connectivity index (χ2v) is 12.6. The topological polar surface area (TPSA) is 70.8 Å². The number of unbranched alkanes of at least 4 members (excludes halogenated alkanes) is 5. The molecule has 3 aromatic rings. The second-order valence-electron chi connectivity index (χ2n) is 12.6. The van der Waals surface area contributed by atoms with Crippen LogP contribution in [0.15, 0.2) is 64.6 Å². The molecule has 3 aromatic carbocycles. The first-order valence-electron chi connectivity index (χ1n) is 18.1. The Morgan fingerprint density at radius 2 is 0.979 bits per heavy atom. The predicted octanol–water partition coefficient (Wildman–Crippen LogP) is 11.3. The standard InChI is InChI=1S/C35H54N2.C7H8O2.Ni/c1-7-12-17-29-22-24-33(26-31(29)19-14-9-3)36-28(6)35(21-16-11-5)37-34-25-23-30(18-13-8-2)32(27-34)20-15-10-4;1-5-2-3-6(8)7(9)4-5;/h22-27H,7-21H2,1-6H3;2-4,8-9H,1H3;/q;;+2/p-2. The molecule has 3 rings (SSSR count). The molecule has 0 saturated heterocycles. The van der Waals surface area contributed by atoms with Gasteiger partial charge >= 0.3 is 16.5 Å². The van der Waals surface area contributed by atoms with Crippen LogP contribution in [0.25, 0.3) is 0 Å². The Labute approximate surface area is 297 Å². The molecule has 5 heteroatoms. The molecule has 0 aliphatic carbocycles. The molecule has 0 N–H and O–H groups in total. The first-order chi connectivity index (χ1) is 22.3. The van der Waals surface area contributed by atoms with E-state index in [0.29, 0.717) is 0 Å². The molecule has 0 spiro atoms. The third kappa shape index (κ3) is 15.7. The van der Waals surface area contributed by atoms with E-state index in [1.165, 1.54) is 98.6 Å². The van der Waals surface area contributed by atoms with Gasteiger partial charge in [0, 0.05) is 0 Å². The molecule has 0 aliphatic rings. The van der Waals surface area contributed by atoms with Crippen molar-refractivity contribution in [1.29, 1.82) is 0 Å². The van der Waals surface area contributed by atoms with E-state index >= 15 is 0 Å². The normalized spacial score (nSPS) is 11.6. The quantitative estimate of drug-likeness (QED) is 0.0989. The summed E-state index contributed by atoms with van der Waals surface area (Å²) < 4.78 is 0. The molecule has 0 bridgehead atoms. The molecule has 0 radical (unpaired) electrons. The number of nitrogens with zero attached hydrogens (tertiary/aromatic N) is 2. The fourth-order valence-electron chi connectivity index (χ4n) is 5.48. The van der Waals surface area contributed by atoms with E-state index in [2.05, 4.69) is 77.9 Å². The minimum atomic E-state index is -0.430. The number of hydrogen-bond donors (Lipinski definition) is 0. The van der Waals surface area contributed by atoms with Crippen molar-refractivity contribution in [3.63, 3.8) is 0 Å². The van der Waals surface area contributed by atoms with E-state index < -0.39 is 11.5 Å². The van der Waals surface area contributed by atoms with E-state index in [9.17, 15) is 10.2 Å².